The Morgan fingerprint density at radius 2 is 1.85 bits per heavy atom. The average molecular weight is 442 g/mol. The van der Waals surface area contributed by atoms with Crippen LogP contribution in [0.15, 0.2) is 51.8 Å². The van der Waals surface area contributed by atoms with Gasteiger partial charge in [-0.25, -0.2) is 13.1 Å². The molecular weight excluding hydrogens is 426 g/mol. The molecule has 0 unspecified atom stereocenters. The number of nitro groups is 1. The maximum Gasteiger partial charge on any atom is 0.269 e. The minimum absolute atomic E-state index is 0.0539. The third-order valence-corrected chi connectivity index (χ3v) is 5.43. The molecule has 0 atom stereocenters. The van der Waals surface area contributed by atoms with Gasteiger partial charge in [0.25, 0.3) is 5.69 Å². The van der Waals surface area contributed by atoms with E-state index in [0.29, 0.717) is 5.69 Å². The molecule has 0 bridgehead atoms. The highest BCUT2D eigenvalue weighted by molar-refractivity contribution is 9.10. The minimum atomic E-state index is -3.84. The van der Waals surface area contributed by atoms with E-state index in [0.717, 1.165) is 34.3 Å². The molecule has 0 aliphatic heterocycles. The zero-order valence-electron chi connectivity index (χ0n) is 13.7. The Morgan fingerprint density at radius 3 is 2.42 bits per heavy atom. The number of nitrogens with zero attached hydrogens (tertiary/aromatic N) is 1. The van der Waals surface area contributed by atoms with E-state index in [9.17, 15) is 23.3 Å². The summed E-state index contributed by atoms with van der Waals surface area (Å²) in [5.74, 6) is -0.332. The maximum atomic E-state index is 12.1. The Bertz CT molecular complexity index is 929. The zero-order valence-corrected chi connectivity index (χ0v) is 16.1. The number of sulfonamides is 1. The first-order chi connectivity index (χ1) is 12.2. The predicted octanol–water partition coefficient (Wildman–Crippen LogP) is 2.97. The molecule has 0 saturated heterocycles. The summed E-state index contributed by atoms with van der Waals surface area (Å²) in [4.78, 5) is 21.8. The maximum absolute atomic E-state index is 12.1. The van der Waals surface area contributed by atoms with E-state index in [1.165, 1.54) is 0 Å². The van der Waals surface area contributed by atoms with Gasteiger partial charge in [-0.15, -0.1) is 0 Å². The van der Waals surface area contributed by atoms with Gasteiger partial charge in [0.2, 0.25) is 15.9 Å². The topological polar surface area (TPSA) is 118 Å². The van der Waals surface area contributed by atoms with Crippen molar-refractivity contribution < 1.29 is 18.1 Å². The van der Waals surface area contributed by atoms with Gasteiger partial charge in [-0.2, -0.15) is 0 Å². The van der Waals surface area contributed by atoms with Gasteiger partial charge < -0.3 is 5.32 Å². The molecule has 2 N–H and O–H groups in total. The van der Waals surface area contributed by atoms with Crippen LogP contribution in [-0.2, 0) is 14.8 Å². The highest BCUT2D eigenvalue weighted by atomic mass is 79.9. The Kier molecular flexibility index (Phi) is 6.46. The van der Waals surface area contributed by atoms with Gasteiger partial charge >= 0.3 is 0 Å². The number of hydrogen-bond donors (Lipinski definition) is 2. The van der Waals surface area contributed by atoms with Crippen LogP contribution in [0.3, 0.4) is 0 Å². The molecule has 2 aromatic rings. The number of nitro benzene ring substituents is 1. The fraction of sp³-hybridized carbons (Fsp3) is 0.188. The van der Waals surface area contributed by atoms with Gasteiger partial charge in [0.1, 0.15) is 0 Å². The minimum Gasteiger partial charge on any atom is -0.326 e. The predicted molar refractivity (Wildman–Crippen MR) is 100 cm³/mol. The van der Waals surface area contributed by atoms with Crippen molar-refractivity contribution >= 4 is 43.2 Å². The van der Waals surface area contributed by atoms with Crippen molar-refractivity contribution in [3.8, 4) is 0 Å². The molecule has 2 aromatic carbocycles. The zero-order chi connectivity index (χ0) is 19.3. The number of non-ortho nitro benzene ring substituents is 1. The summed E-state index contributed by atoms with van der Waals surface area (Å²) < 4.78 is 27.4. The van der Waals surface area contributed by atoms with Crippen molar-refractivity contribution in [1.82, 2.24) is 4.72 Å². The van der Waals surface area contributed by atoms with Crippen LogP contribution in [0.2, 0.25) is 0 Å². The third kappa shape index (κ3) is 5.35. The molecule has 138 valence electrons. The summed E-state index contributed by atoms with van der Waals surface area (Å²) in [5, 5.41) is 13.3. The normalized spacial score (nSPS) is 11.2. The molecule has 0 saturated carbocycles. The monoisotopic (exact) mass is 441 g/mol. The molecular formula is C16H16BrN3O5S. The van der Waals surface area contributed by atoms with E-state index in [4.69, 9.17) is 0 Å². The van der Waals surface area contributed by atoms with Crippen LogP contribution in [0, 0.1) is 17.0 Å². The van der Waals surface area contributed by atoms with Crippen LogP contribution < -0.4 is 10.0 Å². The molecule has 2 rings (SSSR count). The van der Waals surface area contributed by atoms with Crippen molar-refractivity contribution in [2.75, 3.05) is 11.9 Å². The molecule has 0 spiro atoms. The summed E-state index contributed by atoms with van der Waals surface area (Å²) in [5.41, 5.74) is 1.32. The number of anilines is 1. The summed E-state index contributed by atoms with van der Waals surface area (Å²) in [6.07, 6.45) is -0.0539. The first kappa shape index (κ1) is 20.0. The van der Waals surface area contributed by atoms with E-state index in [2.05, 4.69) is 26.0 Å². The molecule has 0 heterocycles. The van der Waals surface area contributed by atoms with Crippen LogP contribution in [-0.4, -0.2) is 25.8 Å². The standard InChI is InChI=1S/C16H16BrN3O5S/c1-11-10-12(17)2-7-15(11)19-16(21)8-9-18-26(24,25)14-5-3-13(4-6-14)20(22)23/h2-7,10,18H,8-9H2,1H3,(H,19,21). The Morgan fingerprint density at radius 1 is 1.19 bits per heavy atom. The molecule has 0 aliphatic carbocycles. The molecule has 0 fully saturated rings. The second-order valence-electron chi connectivity index (χ2n) is 5.41. The van der Waals surface area contributed by atoms with E-state index >= 15 is 0 Å². The van der Waals surface area contributed by atoms with Crippen LogP contribution >= 0.6 is 15.9 Å². The fourth-order valence-corrected chi connectivity index (χ4v) is 3.62. The molecule has 1 amide bonds. The third-order valence-electron chi connectivity index (χ3n) is 3.46. The first-order valence-electron chi connectivity index (χ1n) is 7.49. The Balaban J connectivity index is 1.91. The summed E-state index contributed by atoms with van der Waals surface area (Å²) in [6.45, 7) is 1.75. The first-order valence-corrected chi connectivity index (χ1v) is 9.77. The van der Waals surface area contributed by atoms with Crippen molar-refractivity contribution in [3.63, 3.8) is 0 Å². The van der Waals surface area contributed by atoms with E-state index in [1.807, 2.05) is 13.0 Å². The summed E-state index contributed by atoms with van der Waals surface area (Å²) in [6, 6.07) is 9.90. The number of aryl methyl sites for hydroxylation is 1. The van der Waals surface area contributed by atoms with Crippen LogP contribution in [0.1, 0.15) is 12.0 Å². The van der Waals surface area contributed by atoms with Crippen LogP contribution in [0.4, 0.5) is 11.4 Å². The molecule has 0 aliphatic rings. The van der Waals surface area contributed by atoms with Gasteiger partial charge in [0, 0.05) is 35.3 Å². The van der Waals surface area contributed by atoms with Crippen LogP contribution in [0.25, 0.3) is 0 Å². The van der Waals surface area contributed by atoms with Crippen molar-refractivity contribution in [3.05, 3.63) is 62.6 Å². The van der Waals surface area contributed by atoms with Crippen molar-refractivity contribution in [1.29, 1.82) is 0 Å². The highest BCUT2D eigenvalue weighted by Crippen LogP contribution is 2.20. The Labute approximate surface area is 158 Å². The van der Waals surface area contributed by atoms with E-state index in [1.54, 1.807) is 12.1 Å². The fourth-order valence-electron chi connectivity index (χ4n) is 2.11. The number of halogens is 1. The van der Waals surface area contributed by atoms with Gasteiger partial charge in [-0.1, -0.05) is 15.9 Å². The lowest BCUT2D eigenvalue weighted by Crippen LogP contribution is -2.28. The van der Waals surface area contributed by atoms with Crippen molar-refractivity contribution in [2.24, 2.45) is 0 Å². The number of hydrogen-bond acceptors (Lipinski definition) is 5. The largest absolute Gasteiger partial charge is 0.326 e. The molecule has 8 nitrogen and oxygen atoms in total. The summed E-state index contributed by atoms with van der Waals surface area (Å²) >= 11 is 3.33. The van der Waals surface area contributed by atoms with Gasteiger partial charge in [0.05, 0.1) is 9.82 Å². The molecule has 0 aromatic heterocycles. The quantitative estimate of drug-likeness (QED) is 0.505. The second-order valence-corrected chi connectivity index (χ2v) is 8.09. The number of amides is 1. The molecule has 0 radical (unpaired) electrons. The molecule has 26 heavy (non-hydrogen) atoms. The van der Waals surface area contributed by atoms with Gasteiger partial charge in [-0.3, -0.25) is 14.9 Å². The highest BCUT2D eigenvalue weighted by Gasteiger charge is 2.16. The lowest BCUT2D eigenvalue weighted by Gasteiger charge is -2.10. The van der Waals surface area contributed by atoms with E-state index < -0.39 is 14.9 Å². The number of nitrogens with one attached hydrogen (secondary N) is 2. The van der Waals surface area contributed by atoms with Crippen LogP contribution in [0.5, 0.6) is 0 Å². The van der Waals surface area contributed by atoms with Crippen molar-refractivity contribution in [2.45, 2.75) is 18.2 Å². The number of carbonyl (C=O) groups excluding carboxylic acids is 1. The summed E-state index contributed by atoms with van der Waals surface area (Å²) in [7, 11) is -3.84. The van der Waals surface area contributed by atoms with Gasteiger partial charge in [0.15, 0.2) is 0 Å². The number of benzene rings is 2. The Hall–Kier alpha value is -2.30. The van der Waals surface area contributed by atoms with Gasteiger partial charge in [-0.05, 0) is 42.8 Å². The second kappa shape index (κ2) is 8.39. The number of rotatable bonds is 7. The smallest absolute Gasteiger partial charge is 0.269 e. The van der Waals surface area contributed by atoms with E-state index in [-0.39, 0.29) is 29.5 Å². The number of carbonyl (C=O) groups is 1. The average Bonchev–Trinajstić information content (AvgIpc) is 2.57. The molecule has 10 heteroatoms. The lowest BCUT2D eigenvalue weighted by atomic mass is 10.2. The SMILES string of the molecule is Cc1cc(Br)ccc1NC(=O)CCNS(=O)(=O)c1ccc([N+](=O)[O-])cc1. The lowest BCUT2D eigenvalue weighted by molar-refractivity contribution is -0.384.